The van der Waals surface area contributed by atoms with Crippen LogP contribution in [-0.2, 0) is 11.0 Å². The highest BCUT2D eigenvalue weighted by atomic mass is 35.5. The molecule has 7 nitrogen and oxygen atoms in total. The third kappa shape index (κ3) is 4.35. The molecule has 35 heavy (non-hydrogen) atoms. The van der Waals surface area contributed by atoms with Gasteiger partial charge in [-0.15, -0.1) is 0 Å². The van der Waals surface area contributed by atoms with Crippen molar-refractivity contribution in [2.24, 2.45) is 0 Å². The molecule has 2 aromatic heterocycles. The highest BCUT2D eigenvalue weighted by Gasteiger charge is 2.58. The van der Waals surface area contributed by atoms with Crippen molar-refractivity contribution < 1.29 is 36.6 Å². The molecule has 3 heterocycles. The van der Waals surface area contributed by atoms with Crippen LogP contribution in [0.1, 0.15) is 59.8 Å². The van der Waals surface area contributed by atoms with Crippen LogP contribution in [0.5, 0.6) is 0 Å². The van der Waals surface area contributed by atoms with Crippen molar-refractivity contribution in [2.45, 2.75) is 62.3 Å². The predicted molar refractivity (Wildman–Crippen MR) is 113 cm³/mol. The van der Waals surface area contributed by atoms with E-state index in [1.165, 1.54) is 4.90 Å². The first-order valence-corrected chi connectivity index (χ1v) is 11.7. The van der Waals surface area contributed by atoms with Gasteiger partial charge in [0, 0.05) is 25.6 Å². The van der Waals surface area contributed by atoms with E-state index >= 15 is 0 Å². The molecule has 13 heteroatoms. The van der Waals surface area contributed by atoms with Crippen LogP contribution in [0.3, 0.4) is 0 Å². The van der Waals surface area contributed by atoms with Gasteiger partial charge in [0.2, 0.25) is 5.91 Å². The lowest BCUT2D eigenvalue weighted by molar-refractivity contribution is -0.142. The van der Waals surface area contributed by atoms with E-state index in [2.05, 4.69) is 5.10 Å². The van der Waals surface area contributed by atoms with Crippen LogP contribution in [0.15, 0.2) is 12.1 Å². The largest absolute Gasteiger partial charge is 0.433 e. The molecule has 190 valence electrons. The molecule has 0 radical (unpaired) electrons. The summed E-state index contributed by atoms with van der Waals surface area (Å²) in [4.78, 5) is 28.7. The van der Waals surface area contributed by atoms with E-state index in [1.54, 1.807) is 4.90 Å². The summed E-state index contributed by atoms with van der Waals surface area (Å²) in [6.07, 6.45) is -3.39. The third-order valence-corrected chi connectivity index (χ3v) is 7.44. The topological polar surface area (TPSA) is 78.2 Å². The van der Waals surface area contributed by atoms with Gasteiger partial charge in [0.15, 0.2) is 5.69 Å². The Balaban J connectivity index is 1.41. The molecule has 1 aliphatic heterocycles. The number of fused-ring (bicyclic) bond motifs is 1. The molecule has 2 aliphatic carbocycles. The van der Waals surface area contributed by atoms with Crippen LogP contribution >= 0.6 is 11.6 Å². The van der Waals surface area contributed by atoms with Crippen molar-refractivity contribution >= 4 is 28.9 Å². The van der Waals surface area contributed by atoms with Crippen molar-refractivity contribution in [2.75, 3.05) is 19.6 Å². The number of alkyl halides is 5. The lowest BCUT2D eigenvalue weighted by atomic mass is 9.91. The SMILES string of the molecule is O=C(c1nn2c(C(F)(F)F)cc(C3CC3(F)F)cc2c1Cl)N1CCN(C2CCC(O)CC2)C(=O)C1. The summed E-state index contributed by atoms with van der Waals surface area (Å²) in [5.74, 6) is -5.56. The Kier molecular flexibility index (Phi) is 5.74. The number of aliphatic hydroxyl groups excluding tert-OH is 1. The number of pyridine rings is 1. The Morgan fingerprint density at radius 1 is 1.14 bits per heavy atom. The van der Waals surface area contributed by atoms with Crippen molar-refractivity contribution in [1.29, 1.82) is 0 Å². The Labute approximate surface area is 201 Å². The minimum atomic E-state index is -4.93. The summed E-state index contributed by atoms with van der Waals surface area (Å²) in [7, 11) is 0. The monoisotopic (exact) mass is 520 g/mol. The maximum absolute atomic E-state index is 13.7. The molecule has 0 aromatic carbocycles. The van der Waals surface area contributed by atoms with Gasteiger partial charge in [-0.1, -0.05) is 11.6 Å². The van der Waals surface area contributed by atoms with Gasteiger partial charge in [-0.3, -0.25) is 9.59 Å². The molecule has 2 saturated carbocycles. The second-order valence-electron chi connectivity index (χ2n) is 9.43. The second-order valence-corrected chi connectivity index (χ2v) is 9.80. The number of nitrogens with zero attached hydrogens (tertiary/aromatic N) is 4. The highest BCUT2D eigenvalue weighted by Crippen LogP contribution is 2.56. The fraction of sp³-hybridized carbons (Fsp3) is 0.591. The van der Waals surface area contributed by atoms with E-state index < -0.39 is 41.7 Å². The first-order valence-electron chi connectivity index (χ1n) is 11.3. The summed E-state index contributed by atoms with van der Waals surface area (Å²) in [5.41, 5.74) is -2.31. The zero-order chi connectivity index (χ0) is 25.3. The molecular formula is C22H22ClF5N4O3. The van der Waals surface area contributed by atoms with Crippen LogP contribution in [0.4, 0.5) is 22.0 Å². The minimum Gasteiger partial charge on any atom is -0.393 e. The average molecular weight is 521 g/mol. The number of aromatic nitrogens is 2. The van der Waals surface area contributed by atoms with Crippen LogP contribution < -0.4 is 0 Å². The van der Waals surface area contributed by atoms with Gasteiger partial charge >= 0.3 is 6.18 Å². The fourth-order valence-corrected chi connectivity index (χ4v) is 5.27. The molecule has 1 unspecified atom stereocenters. The van der Waals surface area contributed by atoms with E-state index in [-0.39, 0.29) is 53.8 Å². The molecule has 2 aromatic rings. The number of piperazine rings is 1. The van der Waals surface area contributed by atoms with Gasteiger partial charge < -0.3 is 14.9 Å². The number of carbonyl (C=O) groups excluding carboxylic acids is 2. The zero-order valence-corrected chi connectivity index (χ0v) is 19.1. The van der Waals surface area contributed by atoms with Gasteiger partial charge in [0.25, 0.3) is 11.8 Å². The Morgan fingerprint density at radius 3 is 2.37 bits per heavy atom. The maximum Gasteiger partial charge on any atom is 0.433 e. The number of rotatable bonds is 3. The molecule has 3 fully saturated rings. The van der Waals surface area contributed by atoms with E-state index in [0.717, 1.165) is 6.07 Å². The minimum absolute atomic E-state index is 0.0322. The number of aliphatic hydroxyl groups is 1. The molecule has 1 saturated heterocycles. The lowest BCUT2D eigenvalue weighted by Gasteiger charge is -2.41. The number of hydrogen-bond donors (Lipinski definition) is 1. The van der Waals surface area contributed by atoms with Crippen molar-refractivity contribution in [3.05, 3.63) is 34.1 Å². The summed E-state index contributed by atoms with van der Waals surface area (Å²) < 4.78 is 68.7. The smallest absolute Gasteiger partial charge is 0.393 e. The van der Waals surface area contributed by atoms with Gasteiger partial charge in [0.05, 0.1) is 22.6 Å². The molecule has 1 N–H and O–H groups in total. The van der Waals surface area contributed by atoms with Gasteiger partial charge in [-0.05, 0) is 43.4 Å². The first-order chi connectivity index (χ1) is 16.4. The normalized spacial score (nSPS) is 26.9. The van der Waals surface area contributed by atoms with Crippen molar-refractivity contribution in [1.82, 2.24) is 19.4 Å². The Bertz CT molecular complexity index is 1190. The highest BCUT2D eigenvalue weighted by molar-refractivity contribution is 6.36. The number of amides is 2. The first kappa shape index (κ1) is 24.2. The van der Waals surface area contributed by atoms with E-state index in [0.29, 0.717) is 36.3 Å². The zero-order valence-electron chi connectivity index (χ0n) is 18.4. The Morgan fingerprint density at radius 2 is 1.80 bits per heavy atom. The molecule has 3 aliphatic rings. The van der Waals surface area contributed by atoms with Gasteiger partial charge in [-0.25, -0.2) is 13.3 Å². The van der Waals surface area contributed by atoms with Crippen molar-refractivity contribution in [3.8, 4) is 0 Å². The van der Waals surface area contributed by atoms with Crippen molar-refractivity contribution in [3.63, 3.8) is 0 Å². The van der Waals surface area contributed by atoms with E-state index in [4.69, 9.17) is 11.6 Å². The number of carbonyl (C=O) groups is 2. The third-order valence-electron chi connectivity index (χ3n) is 7.07. The van der Waals surface area contributed by atoms with Crippen LogP contribution in [0, 0.1) is 0 Å². The molecule has 0 spiro atoms. The summed E-state index contributed by atoms with van der Waals surface area (Å²) >= 11 is 6.26. The molecule has 5 rings (SSSR count). The van der Waals surface area contributed by atoms with E-state index in [9.17, 15) is 36.6 Å². The molecule has 0 bridgehead atoms. The predicted octanol–water partition coefficient (Wildman–Crippen LogP) is 3.72. The van der Waals surface area contributed by atoms with Crippen LogP contribution in [0.2, 0.25) is 5.02 Å². The quantitative estimate of drug-likeness (QED) is 0.626. The summed E-state index contributed by atoms with van der Waals surface area (Å²) in [6.45, 7) is 0.0955. The van der Waals surface area contributed by atoms with Gasteiger partial charge in [-0.2, -0.15) is 18.3 Å². The number of hydrogen-bond acceptors (Lipinski definition) is 4. The molecule has 2 amide bonds. The number of halogens is 6. The van der Waals surface area contributed by atoms with Gasteiger partial charge in [0.1, 0.15) is 12.2 Å². The maximum atomic E-state index is 13.7. The lowest BCUT2D eigenvalue weighted by Crippen LogP contribution is -2.56. The standard InChI is InChI=1S/C22H22ClF5N4O3/c23-18-15-7-11(14-9-21(14,24)25)8-16(22(26,27)28)32(15)29-19(18)20(35)30-5-6-31(17(34)10-30)12-1-3-13(33)4-2-12/h7-8,12-14,33H,1-6,9-10H2. The Hall–Kier alpha value is -2.47. The van der Waals surface area contributed by atoms with Crippen LogP contribution in [-0.4, -0.2) is 74.0 Å². The molecule has 1 atom stereocenters. The van der Waals surface area contributed by atoms with Crippen LogP contribution in [0.25, 0.3) is 5.52 Å². The fourth-order valence-electron chi connectivity index (χ4n) is 5.02. The summed E-state index contributed by atoms with van der Waals surface area (Å²) in [6, 6.07) is 1.68. The van der Waals surface area contributed by atoms with E-state index in [1.807, 2.05) is 0 Å². The second kappa shape index (κ2) is 8.29. The molecular weight excluding hydrogens is 499 g/mol. The average Bonchev–Trinajstić information content (AvgIpc) is 3.31. The summed E-state index contributed by atoms with van der Waals surface area (Å²) in [5, 5.41) is 13.1.